The van der Waals surface area contributed by atoms with E-state index in [9.17, 15) is 9.59 Å². The first-order valence-corrected chi connectivity index (χ1v) is 9.29. The molecule has 0 bridgehead atoms. The highest BCUT2D eigenvalue weighted by molar-refractivity contribution is 6.00. The number of hydrogen-bond donors (Lipinski definition) is 1. The zero-order chi connectivity index (χ0) is 19.9. The SMILES string of the molecule is CCCCOn1c(=O)c(C=O)c(NCCc2ccncc2)c2c(C)ncnc21. The van der Waals surface area contributed by atoms with Crippen LogP contribution in [0.15, 0.2) is 35.6 Å². The van der Waals surface area contributed by atoms with E-state index in [1.165, 1.54) is 6.33 Å². The van der Waals surface area contributed by atoms with Crippen molar-refractivity contribution >= 4 is 23.0 Å². The number of nitrogens with zero attached hydrogens (tertiary/aromatic N) is 4. The Morgan fingerprint density at radius 1 is 1.25 bits per heavy atom. The fourth-order valence-corrected chi connectivity index (χ4v) is 2.95. The molecule has 0 aromatic carbocycles. The summed E-state index contributed by atoms with van der Waals surface area (Å²) in [7, 11) is 0. The third-order valence-electron chi connectivity index (χ3n) is 4.44. The molecule has 0 fully saturated rings. The van der Waals surface area contributed by atoms with Crippen LogP contribution >= 0.6 is 0 Å². The maximum atomic E-state index is 12.9. The third kappa shape index (κ3) is 4.00. The topological polar surface area (TPSA) is 99.0 Å². The lowest BCUT2D eigenvalue weighted by molar-refractivity contribution is 0.104. The Labute approximate surface area is 162 Å². The van der Waals surface area contributed by atoms with E-state index in [1.807, 2.05) is 26.0 Å². The second kappa shape index (κ2) is 9.07. The molecule has 3 aromatic rings. The number of pyridine rings is 2. The van der Waals surface area contributed by atoms with E-state index < -0.39 is 5.56 Å². The minimum atomic E-state index is -0.525. The zero-order valence-corrected chi connectivity index (χ0v) is 16.0. The molecule has 3 rings (SSSR count). The van der Waals surface area contributed by atoms with Crippen molar-refractivity contribution in [1.82, 2.24) is 19.7 Å². The third-order valence-corrected chi connectivity index (χ3v) is 4.44. The summed E-state index contributed by atoms with van der Waals surface area (Å²) < 4.78 is 1.11. The molecule has 0 saturated carbocycles. The summed E-state index contributed by atoms with van der Waals surface area (Å²) in [5.74, 6) is 0. The van der Waals surface area contributed by atoms with Gasteiger partial charge in [-0.15, -0.1) is 4.73 Å². The first-order valence-electron chi connectivity index (χ1n) is 9.29. The molecule has 0 atom stereocenters. The summed E-state index contributed by atoms with van der Waals surface area (Å²) in [5.41, 5.74) is 2.04. The normalized spacial score (nSPS) is 10.8. The molecule has 0 aliphatic rings. The van der Waals surface area contributed by atoms with Gasteiger partial charge in [0.05, 0.1) is 16.8 Å². The number of unbranched alkanes of at least 4 members (excludes halogenated alkanes) is 1. The van der Waals surface area contributed by atoms with E-state index in [1.54, 1.807) is 12.4 Å². The van der Waals surface area contributed by atoms with Crippen LogP contribution in [-0.2, 0) is 6.42 Å². The molecule has 8 nitrogen and oxygen atoms in total. The molecule has 0 saturated heterocycles. The van der Waals surface area contributed by atoms with Gasteiger partial charge in [-0.1, -0.05) is 13.3 Å². The van der Waals surface area contributed by atoms with Crippen LogP contribution in [0.4, 0.5) is 5.69 Å². The molecule has 28 heavy (non-hydrogen) atoms. The second-order valence-corrected chi connectivity index (χ2v) is 6.38. The van der Waals surface area contributed by atoms with Crippen LogP contribution in [0.2, 0.25) is 0 Å². The van der Waals surface area contributed by atoms with Gasteiger partial charge in [0.25, 0.3) is 5.56 Å². The van der Waals surface area contributed by atoms with Crippen molar-refractivity contribution in [3.63, 3.8) is 0 Å². The standard InChI is InChI=1S/C20H23N5O3/c1-3-4-11-28-25-19-17(14(2)23-13-24-19)18(16(12-26)20(25)27)22-10-7-15-5-8-21-9-6-15/h5-6,8-9,12-13,22H,3-4,7,10-11H2,1-2H3. The van der Waals surface area contributed by atoms with Crippen molar-refractivity contribution in [3.8, 4) is 0 Å². The summed E-state index contributed by atoms with van der Waals surface area (Å²) in [6.45, 7) is 4.74. The number of aldehydes is 1. The van der Waals surface area contributed by atoms with E-state index in [4.69, 9.17) is 4.84 Å². The average molecular weight is 381 g/mol. The van der Waals surface area contributed by atoms with E-state index in [0.29, 0.717) is 48.3 Å². The minimum absolute atomic E-state index is 0.0108. The molecular weight excluding hydrogens is 358 g/mol. The maximum absolute atomic E-state index is 12.9. The van der Waals surface area contributed by atoms with Crippen molar-refractivity contribution in [2.24, 2.45) is 0 Å². The summed E-state index contributed by atoms with van der Waals surface area (Å²) >= 11 is 0. The highest BCUT2D eigenvalue weighted by atomic mass is 16.7. The molecule has 0 aliphatic carbocycles. The Hall–Kier alpha value is -3.29. The predicted octanol–water partition coefficient (Wildman–Crippen LogP) is 2.19. The molecule has 3 aromatic heterocycles. The number of fused-ring (bicyclic) bond motifs is 1. The fourth-order valence-electron chi connectivity index (χ4n) is 2.95. The van der Waals surface area contributed by atoms with Gasteiger partial charge >= 0.3 is 0 Å². The Morgan fingerprint density at radius 3 is 2.75 bits per heavy atom. The van der Waals surface area contributed by atoms with Crippen molar-refractivity contribution in [3.05, 3.63) is 58.0 Å². The van der Waals surface area contributed by atoms with Crippen molar-refractivity contribution in [2.75, 3.05) is 18.5 Å². The lowest BCUT2D eigenvalue weighted by atomic mass is 10.1. The van der Waals surface area contributed by atoms with Gasteiger partial charge in [-0.05, 0) is 37.5 Å². The Morgan fingerprint density at radius 2 is 2.04 bits per heavy atom. The number of carbonyl (C=O) groups excluding carboxylic acids is 1. The predicted molar refractivity (Wildman–Crippen MR) is 107 cm³/mol. The smallest absolute Gasteiger partial charge is 0.297 e. The highest BCUT2D eigenvalue weighted by Crippen LogP contribution is 2.25. The van der Waals surface area contributed by atoms with Gasteiger partial charge in [0.1, 0.15) is 18.5 Å². The van der Waals surface area contributed by atoms with Gasteiger partial charge in [-0.25, -0.2) is 9.97 Å². The van der Waals surface area contributed by atoms with Crippen LogP contribution < -0.4 is 15.7 Å². The molecule has 0 aliphatic heterocycles. The lowest BCUT2D eigenvalue weighted by Gasteiger charge is -2.17. The van der Waals surface area contributed by atoms with Gasteiger partial charge < -0.3 is 10.2 Å². The van der Waals surface area contributed by atoms with E-state index in [-0.39, 0.29) is 5.56 Å². The van der Waals surface area contributed by atoms with Crippen molar-refractivity contribution in [1.29, 1.82) is 0 Å². The van der Waals surface area contributed by atoms with Gasteiger partial charge in [-0.2, -0.15) is 0 Å². The zero-order valence-electron chi connectivity index (χ0n) is 16.0. The van der Waals surface area contributed by atoms with Gasteiger partial charge in [-0.3, -0.25) is 14.6 Å². The molecule has 1 N–H and O–H groups in total. The summed E-state index contributed by atoms with van der Waals surface area (Å²) in [4.78, 5) is 42.7. The van der Waals surface area contributed by atoms with Gasteiger partial charge in [0.2, 0.25) is 0 Å². The highest BCUT2D eigenvalue weighted by Gasteiger charge is 2.20. The monoisotopic (exact) mass is 381 g/mol. The molecule has 3 heterocycles. The van der Waals surface area contributed by atoms with Crippen LogP contribution in [-0.4, -0.2) is 39.1 Å². The molecular formula is C20H23N5O3. The van der Waals surface area contributed by atoms with Gasteiger partial charge in [0, 0.05) is 18.9 Å². The van der Waals surface area contributed by atoms with Crippen molar-refractivity contribution < 1.29 is 9.63 Å². The second-order valence-electron chi connectivity index (χ2n) is 6.38. The number of hydrogen-bond acceptors (Lipinski definition) is 7. The first kappa shape index (κ1) is 19.5. The average Bonchev–Trinajstić information content (AvgIpc) is 2.71. The Bertz CT molecular complexity index is 1020. The number of nitrogens with one attached hydrogen (secondary N) is 1. The Kier molecular flexibility index (Phi) is 6.31. The quantitative estimate of drug-likeness (QED) is 0.448. The lowest BCUT2D eigenvalue weighted by Crippen LogP contribution is -2.32. The number of aromatic nitrogens is 4. The van der Waals surface area contributed by atoms with Crippen LogP contribution in [0, 0.1) is 6.92 Å². The fraction of sp³-hybridized carbons (Fsp3) is 0.350. The number of rotatable bonds is 9. The summed E-state index contributed by atoms with van der Waals surface area (Å²) in [5, 5.41) is 3.84. The minimum Gasteiger partial charge on any atom is -0.409 e. The number of carbonyl (C=O) groups is 1. The Balaban J connectivity index is 2.02. The number of anilines is 1. The molecule has 0 radical (unpaired) electrons. The summed E-state index contributed by atoms with van der Waals surface area (Å²) in [6, 6.07) is 3.85. The van der Waals surface area contributed by atoms with Crippen LogP contribution in [0.5, 0.6) is 0 Å². The van der Waals surface area contributed by atoms with Crippen molar-refractivity contribution in [2.45, 2.75) is 33.1 Å². The molecule has 0 amide bonds. The maximum Gasteiger partial charge on any atom is 0.297 e. The number of aryl methyl sites for hydroxylation is 1. The van der Waals surface area contributed by atoms with Crippen LogP contribution in [0.3, 0.4) is 0 Å². The van der Waals surface area contributed by atoms with E-state index in [0.717, 1.165) is 23.1 Å². The van der Waals surface area contributed by atoms with E-state index in [2.05, 4.69) is 20.3 Å². The molecule has 146 valence electrons. The molecule has 0 unspecified atom stereocenters. The van der Waals surface area contributed by atoms with Gasteiger partial charge in [0.15, 0.2) is 11.9 Å². The van der Waals surface area contributed by atoms with Crippen LogP contribution in [0.25, 0.3) is 11.0 Å². The first-order chi connectivity index (χ1) is 13.7. The molecule has 8 heteroatoms. The van der Waals surface area contributed by atoms with E-state index >= 15 is 0 Å². The largest absolute Gasteiger partial charge is 0.409 e. The van der Waals surface area contributed by atoms with Crippen LogP contribution in [0.1, 0.15) is 41.4 Å². The molecule has 0 spiro atoms. The summed E-state index contributed by atoms with van der Waals surface area (Å²) in [6.07, 6.45) is 7.84.